The Hall–Kier alpha value is -3.22. The van der Waals surface area contributed by atoms with Crippen molar-refractivity contribution in [3.63, 3.8) is 0 Å². The highest BCUT2D eigenvalue weighted by Gasteiger charge is 2.12. The van der Waals surface area contributed by atoms with Gasteiger partial charge >= 0.3 is 11.9 Å². The fraction of sp³-hybridized carbons (Fsp3) is 0.438. The molecular formula is C32H42O6. The summed E-state index contributed by atoms with van der Waals surface area (Å²) in [4.78, 5) is 23.5. The number of hydrogen-bond acceptors (Lipinski definition) is 6. The zero-order chi connectivity index (χ0) is 27.9. The number of aryl methyl sites for hydroxylation is 2. The van der Waals surface area contributed by atoms with Crippen molar-refractivity contribution in [3.8, 4) is 11.1 Å². The van der Waals surface area contributed by atoms with Gasteiger partial charge in [-0.25, -0.2) is 9.59 Å². The first-order valence-corrected chi connectivity index (χ1v) is 13.4. The van der Waals surface area contributed by atoms with Crippen LogP contribution in [-0.2, 0) is 38.3 Å². The Morgan fingerprint density at radius 2 is 1.39 bits per heavy atom. The lowest BCUT2D eigenvalue weighted by atomic mass is 9.91. The summed E-state index contributed by atoms with van der Waals surface area (Å²) in [7, 11) is 0. The van der Waals surface area contributed by atoms with Gasteiger partial charge in [-0.1, -0.05) is 82.2 Å². The highest BCUT2D eigenvalue weighted by molar-refractivity contribution is 5.88. The molecule has 0 aliphatic heterocycles. The van der Waals surface area contributed by atoms with E-state index < -0.39 is 25.2 Å². The normalized spacial score (nSPS) is 10.7. The molecule has 0 radical (unpaired) electrons. The van der Waals surface area contributed by atoms with Crippen molar-refractivity contribution in [2.24, 2.45) is 0 Å². The molecule has 2 aromatic carbocycles. The number of rotatable bonds is 17. The first-order chi connectivity index (χ1) is 18.3. The van der Waals surface area contributed by atoms with Crippen molar-refractivity contribution in [3.05, 3.63) is 83.0 Å². The van der Waals surface area contributed by atoms with Crippen molar-refractivity contribution in [2.45, 2.75) is 65.2 Å². The molecule has 2 rings (SSSR count). The summed E-state index contributed by atoms with van der Waals surface area (Å²) < 4.78 is 10.4. The molecule has 0 saturated heterocycles. The number of benzene rings is 2. The highest BCUT2D eigenvalue weighted by atomic mass is 16.5. The summed E-state index contributed by atoms with van der Waals surface area (Å²) in [6, 6.07) is 12.8. The number of aliphatic hydroxyl groups is 2. The molecule has 0 spiro atoms. The third kappa shape index (κ3) is 9.92. The summed E-state index contributed by atoms with van der Waals surface area (Å²) in [5.74, 6) is -1.14. The predicted octanol–water partition coefficient (Wildman–Crippen LogP) is 5.44. The summed E-state index contributed by atoms with van der Waals surface area (Å²) in [5.41, 5.74) is 7.02. The summed E-state index contributed by atoms with van der Waals surface area (Å²) in [6.07, 6.45) is 8.15. The van der Waals surface area contributed by atoms with Crippen molar-refractivity contribution in [2.75, 3.05) is 26.4 Å². The van der Waals surface area contributed by atoms with E-state index in [-0.39, 0.29) is 24.4 Å². The average Bonchev–Trinajstić information content (AvgIpc) is 2.92. The lowest BCUT2D eigenvalue weighted by Crippen LogP contribution is -2.12. The van der Waals surface area contributed by atoms with Crippen LogP contribution in [0.15, 0.2) is 60.7 Å². The number of ether oxygens (including phenoxy) is 2. The van der Waals surface area contributed by atoms with E-state index in [2.05, 4.69) is 63.4 Å². The molecule has 0 fully saturated rings. The first-order valence-electron chi connectivity index (χ1n) is 13.4. The van der Waals surface area contributed by atoms with Gasteiger partial charge in [0.15, 0.2) is 0 Å². The Morgan fingerprint density at radius 1 is 0.763 bits per heavy atom. The van der Waals surface area contributed by atoms with Crippen molar-refractivity contribution in [1.82, 2.24) is 0 Å². The summed E-state index contributed by atoms with van der Waals surface area (Å²) in [6.45, 7) is 10.9. The molecular weight excluding hydrogens is 480 g/mol. The molecule has 0 bridgehead atoms. The van der Waals surface area contributed by atoms with Crippen LogP contribution in [0.1, 0.15) is 61.3 Å². The van der Waals surface area contributed by atoms with Crippen LogP contribution < -0.4 is 0 Å². The highest BCUT2D eigenvalue weighted by Crippen LogP contribution is 2.29. The van der Waals surface area contributed by atoms with Crippen molar-refractivity contribution in [1.29, 1.82) is 0 Å². The van der Waals surface area contributed by atoms with Crippen LogP contribution in [0, 0.1) is 6.92 Å². The lowest BCUT2D eigenvalue weighted by Gasteiger charge is -2.15. The molecule has 0 atom stereocenters. The van der Waals surface area contributed by atoms with E-state index in [9.17, 15) is 9.59 Å². The molecule has 0 aliphatic carbocycles. The molecule has 0 aromatic heterocycles. The van der Waals surface area contributed by atoms with E-state index in [1.165, 1.54) is 36.8 Å². The fourth-order valence-electron chi connectivity index (χ4n) is 4.20. The van der Waals surface area contributed by atoms with Gasteiger partial charge in [0.05, 0.1) is 37.6 Å². The van der Waals surface area contributed by atoms with Gasteiger partial charge < -0.3 is 19.7 Å². The van der Waals surface area contributed by atoms with Gasteiger partial charge in [0.2, 0.25) is 0 Å². The minimum Gasteiger partial charge on any atom is -0.462 e. The van der Waals surface area contributed by atoms with Gasteiger partial charge in [0, 0.05) is 12.8 Å². The van der Waals surface area contributed by atoms with E-state index in [1.807, 2.05) is 0 Å². The van der Waals surface area contributed by atoms with E-state index in [1.54, 1.807) is 0 Å². The lowest BCUT2D eigenvalue weighted by molar-refractivity contribution is -0.140. The monoisotopic (exact) mass is 522 g/mol. The quantitative estimate of drug-likeness (QED) is 0.163. The van der Waals surface area contributed by atoms with E-state index >= 15 is 0 Å². The van der Waals surface area contributed by atoms with Crippen LogP contribution in [0.25, 0.3) is 11.1 Å². The predicted molar refractivity (Wildman–Crippen MR) is 151 cm³/mol. The fourth-order valence-corrected chi connectivity index (χ4v) is 4.20. The minimum atomic E-state index is -0.571. The molecule has 2 N–H and O–H groups in total. The molecule has 0 unspecified atom stereocenters. The SMILES string of the molecule is C=C(CO)C(=O)OCCc1ccc(-c2ccc(CCOC(=O)C(=C)CO)c(C)c2)c(CCCCCCC)c1. The third-order valence-electron chi connectivity index (χ3n) is 6.56. The van der Waals surface area contributed by atoms with Crippen LogP contribution >= 0.6 is 0 Å². The van der Waals surface area contributed by atoms with Crippen LogP contribution in [0.3, 0.4) is 0 Å². The van der Waals surface area contributed by atoms with Crippen LogP contribution in [0.2, 0.25) is 0 Å². The van der Waals surface area contributed by atoms with Crippen molar-refractivity contribution < 1.29 is 29.3 Å². The maximum Gasteiger partial charge on any atom is 0.335 e. The topological polar surface area (TPSA) is 93.1 Å². The second-order valence-corrected chi connectivity index (χ2v) is 9.59. The molecule has 0 amide bonds. The Morgan fingerprint density at radius 3 is 2.00 bits per heavy atom. The molecule has 0 heterocycles. The number of unbranched alkanes of at least 4 members (excludes halogenated alkanes) is 4. The van der Waals surface area contributed by atoms with E-state index in [0.717, 1.165) is 35.1 Å². The van der Waals surface area contributed by atoms with Gasteiger partial charge in [-0.3, -0.25) is 0 Å². The number of aliphatic hydroxyl groups excluding tert-OH is 2. The maximum atomic E-state index is 11.8. The van der Waals surface area contributed by atoms with Crippen LogP contribution in [-0.4, -0.2) is 48.6 Å². The molecule has 0 aliphatic rings. The molecule has 6 heteroatoms. The zero-order valence-corrected chi connectivity index (χ0v) is 22.9. The average molecular weight is 523 g/mol. The molecule has 6 nitrogen and oxygen atoms in total. The Kier molecular flexibility index (Phi) is 13.5. The van der Waals surface area contributed by atoms with Crippen molar-refractivity contribution >= 4 is 11.9 Å². The maximum absolute atomic E-state index is 11.8. The summed E-state index contributed by atoms with van der Waals surface area (Å²) >= 11 is 0. The Bertz CT molecular complexity index is 1100. The van der Waals surface area contributed by atoms with Gasteiger partial charge in [-0.05, 0) is 53.1 Å². The molecule has 2 aromatic rings. The zero-order valence-electron chi connectivity index (χ0n) is 22.9. The molecule has 38 heavy (non-hydrogen) atoms. The Balaban J connectivity index is 2.14. The largest absolute Gasteiger partial charge is 0.462 e. The van der Waals surface area contributed by atoms with Gasteiger partial charge in [-0.2, -0.15) is 0 Å². The Labute approximate surface area is 227 Å². The molecule has 0 saturated carbocycles. The minimum absolute atomic E-state index is 0.0523. The molecule has 206 valence electrons. The number of esters is 2. The third-order valence-corrected chi connectivity index (χ3v) is 6.56. The smallest absolute Gasteiger partial charge is 0.335 e. The van der Waals surface area contributed by atoms with E-state index in [4.69, 9.17) is 19.7 Å². The number of carbonyl (C=O) groups is 2. The number of carbonyl (C=O) groups excluding carboxylic acids is 2. The van der Waals surface area contributed by atoms with E-state index in [0.29, 0.717) is 12.8 Å². The van der Waals surface area contributed by atoms with Gasteiger partial charge in [-0.15, -0.1) is 0 Å². The van der Waals surface area contributed by atoms with Gasteiger partial charge in [0.1, 0.15) is 0 Å². The second kappa shape index (κ2) is 16.6. The van der Waals surface area contributed by atoms with Crippen LogP contribution in [0.5, 0.6) is 0 Å². The van der Waals surface area contributed by atoms with Gasteiger partial charge in [0.25, 0.3) is 0 Å². The standard InChI is InChI=1S/C32H42O6/c1-5-6-7-8-9-10-28-20-26(15-17-37-31(35)24(3)21-33)11-14-30(28)29-13-12-27(23(2)19-29)16-18-38-32(36)25(4)22-34/h11-14,19-20,33-34H,3-10,15-18,21-22H2,1-2H3. The van der Waals surface area contributed by atoms with Crippen LogP contribution in [0.4, 0.5) is 0 Å². The summed E-state index contributed by atoms with van der Waals surface area (Å²) in [5, 5.41) is 18.0. The number of hydrogen-bond donors (Lipinski definition) is 2. The first kappa shape index (κ1) is 31.0. The second-order valence-electron chi connectivity index (χ2n) is 9.59.